The van der Waals surface area contributed by atoms with Crippen molar-refractivity contribution in [1.82, 2.24) is 10.7 Å². The molecule has 0 aliphatic heterocycles. The van der Waals surface area contributed by atoms with Gasteiger partial charge in [0, 0.05) is 15.6 Å². The Hall–Kier alpha value is -3.88. The van der Waals surface area contributed by atoms with Crippen molar-refractivity contribution in [1.29, 1.82) is 0 Å². The van der Waals surface area contributed by atoms with E-state index in [2.05, 4.69) is 15.8 Å². The number of nitrogens with one attached hydrogen (secondary N) is 2. The van der Waals surface area contributed by atoms with Gasteiger partial charge in [-0.1, -0.05) is 23.2 Å². The van der Waals surface area contributed by atoms with Crippen molar-refractivity contribution < 1.29 is 23.9 Å². The largest absolute Gasteiger partial charge is 0.490 e. The monoisotopic (exact) mass is 513 g/mol. The molecule has 0 unspecified atom stereocenters. The quantitative estimate of drug-likeness (QED) is 0.190. The number of esters is 1. The second-order valence-electron chi connectivity index (χ2n) is 7.02. The fraction of sp³-hybridized carbons (Fsp3) is 0.120. The molecule has 0 saturated heterocycles. The lowest BCUT2D eigenvalue weighted by Crippen LogP contribution is -2.34. The predicted octanol–water partition coefficient (Wildman–Crippen LogP) is 4.49. The Kier molecular flexibility index (Phi) is 9.23. The SMILES string of the molecule is CCOc1cc(/C=N/NC(=O)CNC(=O)c2ccc(Cl)cc2)ccc1OC(=O)c1ccc(Cl)cc1. The molecule has 10 heteroatoms. The average molecular weight is 514 g/mol. The van der Waals surface area contributed by atoms with Crippen LogP contribution in [-0.2, 0) is 4.79 Å². The van der Waals surface area contributed by atoms with Gasteiger partial charge in [-0.3, -0.25) is 9.59 Å². The molecule has 2 N–H and O–H groups in total. The van der Waals surface area contributed by atoms with Gasteiger partial charge in [0.2, 0.25) is 0 Å². The van der Waals surface area contributed by atoms with E-state index < -0.39 is 17.8 Å². The van der Waals surface area contributed by atoms with Crippen LogP contribution in [0.4, 0.5) is 0 Å². The van der Waals surface area contributed by atoms with E-state index in [-0.39, 0.29) is 12.3 Å². The van der Waals surface area contributed by atoms with E-state index >= 15 is 0 Å². The number of hydrogen-bond acceptors (Lipinski definition) is 6. The van der Waals surface area contributed by atoms with Crippen molar-refractivity contribution >= 4 is 47.2 Å². The molecule has 0 aliphatic rings. The molecular weight excluding hydrogens is 493 g/mol. The number of rotatable bonds is 9. The molecule has 0 aromatic heterocycles. The Labute approximate surface area is 211 Å². The van der Waals surface area contributed by atoms with Crippen LogP contribution < -0.4 is 20.2 Å². The van der Waals surface area contributed by atoms with Crippen LogP contribution in [0.5, 0.6) is 11.5 Å². The van der Waals surface area contributed by atoms with Gasteiger partial charge in [-0.15, -0.1) is 0 Å². The third kappa shape index (κ3) is 7.84. The molecule has 2 amide bonds. The number of ether oxygens (including phenoxy) is 2. The Morgan fingerprint density at radius 1 is 0.886 bits per heavy atom. The molecule has 3 aromatic rings. The van der Waals surface area contributed by atoms with E-state index in [1.165, 1.54) is 6.21 Å². The number of carbonyl (C=O) groups excluding carboxylic acids is 3. The molecule has 0 aliphatic carbocycles. The van der Waals surface area contributed by atoms with Crippen LogP contribution >= 0.6 is 23.2 Å². The van der Waals surface area contributed by atoms with Gasteiger partial charge in [0.15, 0.2) is 11.5 Å². The number of hydrogen-bond donors (Lipinski definition) is 2. The molecule has 0 radical (unpaired) electrons. The summed E-state index contributed by atoms with van der Waals surface area (Å²) in [5, 5.41) is 7.39. The summed E-state index contributed by atoms with van der Waals surface area (Å²) in [6.45, 7) is 1.88. The Balaban J connectivity index is 1.56. The summed E-state index contributed by atoms with van der Waals surface area (Å²) in [6.07, 6.45) is 1.40. The zero-order chi connectivity index (χ0) is 25.2. The highest BCUT2D eigenvalue weighted by atomic mass is 35.5. The van der Waals surface area contributed by atoms with Gasteiger partial charge in [-0.05, 0) is 79.2 Å². The van der Waals surface area contributed by atoms with Crippen LogP contribution in [0, 0.1) is 0 Å². The maximum atomic E-state index is 12.4. The van der Waals surface area contributed by atoms with Gasteiger partial charge < -0.3 is 14.8 Å². The molecule has 0 fully saturated rings. The lowest BCUT2D eigenvalue weighted by atomic mass is 10.2. The minimum atomic E-state index is -0.558. The first-order valence-electron chi connectivity index (χ1n) is 10.5. The molecule has 8 nitrogen and oxygen atoms in total. The Bertz CT molecular complexity index is 1230. The molecule has 3 aromatic carbocycles. The first-order chi connectivity index (χ1) is 16.9. The summed E-state index contributed by atoms with van der Waals surface area (Å²) in [6, 6.07) is 17.4. The maximum absolute atomic E-state index is 12.4. The van der Waals surface area contributed by atoms with E-state index in [0.717, 1.165) is 0 Å². The number of benzene rings is 3. The highest BCUT2D eigenvalue weighted by Crippen LogP contribution is 2.29. The summed E-state index contributed by atoms with van der Waals surface area (Å²) in [5.74, 6) is -0.914. The highest BCUT2D eigenvalue weighted by Gasteiger charge is 2.13. The summed E-state index contributed by atoms with van der Waals surface area (Å²) >= 11 is 11.6. The van der Waals surface area contributed by atoms with Crippen molar-refractivity contribution in [3.05, 3.63) is 93.5 Å². The number of halogens is 2. The number of nitrogens with zero attached hydrogens (tertiary/aromatic N) is 1. The van der Waals surface area contributed by atoms with Crippen LogP contribution in [0.1, 0.15) is 33.2 Å². The van der Waals surface area contributed by atoms with Gasteiger partial charge in [-0.25, -0.2) is 10.2 Å². The molecule has 0 atom stereocenters. The van der Waals surface area contributed by atoms with Gasteiger partial charge >= 0.3 is 5.97 Å². The summed E-state index contributed by atoms with van der Waals surface area (Å²) in [4.78, 5) is 36.4. The number of hydrazone groups is 1. The standard InChI is InChI=1S/C25H21Cl2N3O5/c1-2-34-22-13-16(3-12-21(22)35-25(33)18-6-10-20(27)11-7-18)14-29-30-23(31)15-28-24(32)17-4-8-19(26)9-5-17/h3-14H,2,15H2,1H3,(H,28,32)(H,30,31)/b29-14+. The molecular formula is C25H21Cl2N3O5. The van der Waals surface area contributed by atoms with Crippen molar-refractivity contribution in [2.24, 2.45) is 5.10 Å². The van der Waals surface area contributed by atoms with E-state index in [0.29, 0.717) is 39.1 Å². The zero-order valence-corrected chi connectivity index (χ0v) is 20.1. The van der Waals surface area contributed by atoms with Crippen LogP contribution in [0.3, 0.4) is 0 Å². The fourth-order valence-electron chi connectivity index (χ4n) is 2.78. The molecule has 0 saturated carbocycles. The van der Waals surface area contributed by atoms with E-state index in [4.69, 9.17) is 32.7 Å². The summed E-state index contributed by atoms with van der Waals surface area (Å²) < 4.78 is 11.0. The Morgan fingerprint density at radius 3 is 2.14 bits per heavy atom. The van der Waals surface area contributed by atoms with E-state index in [1.54, 1.807) is 73.7 Å². The lowest BCUT2D eigenvalue weighted by Gasteiger charge is -2.11. The minimum Gasteiger partial charge on any atom is -0.490 e. The molecule has 35 heavy (non-hydrogen) atoms. The normalized spacial score (nSPS) is 10.6. The molecule has 3 rings (SSSR count). The third-order valence-electron chi connectivity index (χ3n) is 4.47. The van der Waals surface area contributed by atoms with Crippen LogP contribution in [0.25, 0.3) is 0 Å². The summed E-state index contributed by atoms with van der Waals surface area (Å²) in [5.41, 5.74) is 3.64. The number of carbonyl (C=O) groups is 3. The van der Waals surface area contributed by atoms with Gasteiger partial charge in [0.1, 0.15) is 0 Å². The minimum absolute atomic E-state index is 0.234. The van der Waals surface area contributed by atoms with Crippen LogP contribution in [0.15, 0.2) is 71.8 Å². The van der Waals surface area contributed by atoms with Gasteiger partial charge in [0.05, 0.1) is 24.9 Å². The first-order valence-corrected chi connectivity index (χ1v) is 11.2. The third-order valence-corrected chi connectivity index (χ3v) is 4.97. The van der Waals surface area contributed by atoms with Crippen molar-refractivity contribution in [2.75, 3.05) is 13.2 Å². The van der Waals surface area contributed by atoms with Crippen molar-refractivity contribution in [3.63, 3.8) is 0 Å². The second-order valence-corrected chi connectivity index (χ2v) is 7.89. The molecule has 0 bridgehead atoms. The second kappa shape index (κ2) is 12.5. The smallest absolute Gasteiger partial charge is 0.343 e. The van der Waals surface area contributed by atoms with Gasteiger partial charge in [-0.2, -0.15) is 5.10 Å². The molecule has 180 valence electrons. The lowest BCUT2D eigenvalue weighted by molar-refractivity contribution is -0.120. The number of amides is 2. The summed E-state index contributed by atoms with van der Waals surface area (Å²) in [7, 11) is 0. The Morgan fingerprint density at radius 2 is 1.51 bits per heavy atom. The molecule has 0 spiro atoms. The van der Waals surface area contributed by atoms with Gasteiger partial charge in [0.25, 0.3) is 11.8 Å². The zero-order valence-electron chi connectivity index (χ0n) is 18.6. The fourth-order valence-corrected chi connectivity index (χ4v) is 3.04. The first kappa shape index (κ1) is 25.7. The van der Waals surface area contributed by atoms with E-state index in [9.17, 15) is 14.4 Å². The van der Waals surface area contributed by atoms with E-state index in [1.807, 2.05) is 0 Å². The predicted molar refractivity (Wildman–Crippen MR) is 134 cm³/mol. The van der Waals surface area contributed by atoms with Crippen molar-refractivity contribution in [3.8, 4) is 11.5 Å². The molecule has 0 heterocycles. The topological polar surface area (TPSA) is 106 Å². The van der Waals surface area contributed by atoms with Crippen molar-refractivity contribution in [2.45, 2.75) is 6.92 Å². The maximum Gasteiger partial charge on any atom is 0.343 e. The van der Waals surface area contributed by atoms with Crippen LogP contribution in [0.2, 0.25) is 10.0 Å². The highest BCUT2D eigenvalue weighted by molar-refractivity contribution is 6.31. The average Bonchev–Trinajstić information content (AvgIpc) is 2.85. The van der Waals surface area contributed by atoms with Crippen LogP contribution in [-0.4, -0.2) is 37.1 Å².